The zero-order chi connectivity index (χ0) is 17.4. The van der Waals surface area contributed by atoms with Gasteiger partial charge >= 0.3 is 0 Å². The first-order chi connectivity index (χ1) is 12.1. The third kappa shape index (κ3) is 3.23. The molecule has 2 aliphatic rings. The molecule has 0 aromatic carbocycles. The summed E-state index contributed by atoms with van der Waals surface area (Å²) < 4.78 is 0. The summed E-state index contributed by atoms with van der Waals surface area (Å²) in [4.78, 5) is 44.0. The van der Waals surface area contributed by atoms with Crippen molar-refractivity contribution in [1.29, 1.82) is 0 Å². The number of carbonyl (C=O) groups is 3. The Labute approximate surface area is 152 Å². The van der Waals surface area contributed by atoms with E-state index >= 15 is 0 Å². The number of nitrogens with one attached hydrogen (secondary N) is 1. The minimum absolute atomic E-state index is 0.0488. The summed E-state index contributed by atoms with van der Waals surface area (Å²) in [6.07, 6.45) is 2.78. The summed E-state index contributed by atoms with van der Waals surface area (Å²) >= 11 is 2.65. The van der Waals surface area contributed by atoms with Gasteiger partial charge in [-0.2, -0.15) is 11.3 Å². The number of thiazole rings is 1. The molecule has 0 bridgehead atoms. The van der Waals surface area contributed by atoms with E-state index in [2.05, 4.69) is 10.3 Å². The Morgan fingerprint density at radius 1 is 1.24 bits per heavy atom. The highest BCUT2D eigenvalue weighted by Crippen LogP contribution is 2.33. The highest BCUT2D eigenvalue weighted by atomic mass is 32.1. The van der Waals surface area contributed by atoms with Gasteiger partial charge in [0.25, 0.3) is 5.91 Å². The van der Waals surface area contributed by atoms with Gasteiger partial charge in [0, 0.05) is 31.3 Å². The summed E-state index contributed by atoms with van der Waals surface area (Å²) in [6, 6.07) is 1.74. The van der Waals surface area contributed by atoms with Crippen molar-refractivity contribution >= 4 is 45.4 Å². The SMILES string of the molecule is O=C(Nc1nc2c(s1)C(=O)CC(C(=O)N1CCCC1)C2)c1ccsc1. The van der Waals surface area contributed by atoms with E-state index in [9.17, 15) is 14.4 Å². The topological polar surface area (TPSA) is 79.4 Å². The minimum atomic E-state index is -0.319. The van der Waals surface area contributed by atoms with Crippen LogP contribution in [0.2, 0.25) is 0 Å². The number of Topliss-reactive ketones (excluding diaryl/α,β-unsaturated/α-hetero) is 1. The monoisotopic (exact) mass is 375 g/mol. The number of rotatable bonds is 3. The number of nitrogens with zero attached hydrogens (tertiary/aromatic N) is 2. The van der Waals surface area contributed by atoms with Crippen LogP contribution in [0.4, 0.5) is 5.13 Å². The molecule has 0 spiro atoms. The van der Waals surface area contributed by atoms with Crippen molar-refractivity contribution < 1.29 is 14.4 Å². The standard InChI is InChI=1S/C17H17N3O3S2/c21-13-8-11(16(23)20-4-1-2-5-20)7-12-14(13)25-17(18-12)19-15(22)10-3-6-24-9-10/h3,6,9,11H,1-2,4-5,7-8H2,(H,18,19,22). The molecule has 4 rings (SSSR count). The molecule has 1 saturated heterocycles. The van der Waals surface area contributed by atoms with Crippen molar-refractivity contribution in [2.45, 2.75) is 25.7 Å². The van der Waals surface area contributed by atoms with Crippen molar-refractivity contribution in [2.75, 3.05) is 18.4 Å². The molecule has 1 N–H and O–H groups in total. The van der Waals surface area contributed by atoms with E-state index in [4.69, 9.17) is 0 Å². The summed E-state index contributed by atoms with van der Waals surface area (Å²) in [7, 11) is 0. The van der Waals surface area contributed by atoms with Crippen LogP contribution in [-0.2, 0) is 11.2 Å². The lowest BCUT2D eigenvalue weighted by atomic mass is 9.89. The van der Waals surface area contributed by atoms with Crippen LogP contribution in [0.1, 0.15) is 45.0 Å². The van der Waals surface area contributed by atoms with E-state index in [0.29, 0.717) is 27.7 Å². The van der Waals surface area contributed by atoms with Gasteiger partial charge in [-0.05, 0) is 24.3 Å². The Kier molecular flexibility index (Phi) is 4.39. The predicted molar refractivity (Wildman–Crippen MR) is 96.3 cm³/mol. The third-order valence-corrected chi connectivity index (χ3v) is 6.33. The molecule has 1 unspecified atom stereocenters. The largest absolute Gasteiger partial charge is 0.342 e. The molecule has 1 atom stereocenters. The van der Waals surface area contributed by atoms with Crippen LogP contribution < -0.4 is 5.32 Å². The molecule has 6 nitrogen and oxygen atoms in total. The molecule has 1 aliphatic heterocycles. The maximum Gasteiger partial charge on any atom is 0.258 e. The van der Waals surface area contributed by atoms with Crippen LogP contribution in [0.3, 0.4) is 0 Å². The second-order valence-electron chi connectivity index (χ2n) is 6.32. The second kappa shape index (κ2) is 6.68. The number of likely N-dealkylation sites (tertiary alicyclic amines) is 1. The number of hydrogen-bond acceptors (Lipinski definition) is 6. The molecule has 0 saturated carbocycles. The van der Waals surface area contributed by atoms with Crippen LogP contribution in [0.25, 0.3) is 0 Å². The van der Waals surface area contributed by atoms with E-state index < -0.39 is 0 Å². The summed E-state index contributed by atoms with van der Waals surface area (Å²) in [6.45, 7) is 1.57. The van der Waals surface area contributed by atoms with Crippen molar-refractivity contribution in [3.05, 3.63) is 33.0 Å². The van der Waals surface area contributed by atoms with E-state index in [1.807, 2.05) is 10.3 Å². The first kappa shape index (κ1) is 16.4. The molecule has 2 amide bonds. The van der Waals surface area contributed by atoms with Gasteiger partial charge in [0.05, 0.1) is 22.1 Å². The van der Waals surface area contributed by atoms with Crippen molar-refractivity contribution in [3.63, 3.8) is 0 Å². The normalized spacial score (nSPS) is 19.8. The van der Waals surface area contributed by atoms with Crippen molar-refractivity contribution in [1.82, 2.24) is 9.88 Å². The fourth-order valence-corrected chi connectivity index (χ4v) is 4.89. The molecule has 130 valence electrons. The zero-order valence-electron chi connectivity index (χ0n) is 13.5. The number of amides is 2. The quantitative estimate of drug-likeness (QED) is 0.895. The molecule has 3 heterocycles. The molecule has 8 heteroatoms. The van der Waals surface area contributed by atoms with Gasteiger partial charge in [-0.25, -0.2) is 4.98 Å². The first-order valence-corrected chi connectivity index (χ1v) is 10.0. The number of carbonyl (C=O) groups excluding carboxylic acids is 3. The van der Waals surface area contributed by atoms with E-state index in [1.165, 1.54) is 22.7 Å². The highest BCUT2D eigenvalue weighted by molar-refractivity contribution is 7.17. The molecule has 2 aromatic rings. The van der Waals surface area contributed by atoms with Gasteiger partial charge in [0.2, 0.25) is 5.91 Å². The molecule has 0 radical (unpaired) electrons. The maximum atomic E-state index is 12.6. The van der Waals surface area contributed by atoms with Gasteiger partial charge in [-0.1, -0.05) is 11.3 Å². The average molecular weight is 375 g/mol. The Bertz CT molecular complexity index is 822. The van der Waals surface area contributed by atoms with Crippen LogP contribution in [-0.4, -0.2) is 40.6 Å². The number of hydrogen-bond donors (Lipinski definition) is 1. The summed E-state index contributed by atoms with van der Waals surface area (Å²) in [5.74, 6) is -0.536. The van der Waals surface area contributed by atoms with Gasteiger partial charge in [-0.3, -0.25) is 19.7 Å². The summed E-state index contributed by atoms with van der Waals surface area (Å²) in [5.41, 5.74) is 1.21. The first-order valence-electron chi connectivity index (χ1n) is 8.27. The number of fused-ring (bicyclic) bond motifs is 1. The van der Waals surface area contributed by atoms with Gasteiger partial charge in [0.15, 0.2) is 10.9 Å². The lowest BCUT2D eigenvalue weighted by Gasteiger charge is -2.24. The zero-order valence-corrected chi connectivity index (χ0v) is 15.1. The third-order valence-electron chi connectivity index (χ3n) is 4.59. The molecular formula is C17H17N3O3S2. The minimum Gasteiger partial charge on any atom is -0.342 e. The lowest BCUT2D eigenvalue weighted by molar-refractivity contribution is -0.134. The molecule has 1 fully saturated rings. The fraction of sp³-hybridized carbons (Fsp3) is 0.412. The Hall–Kier alpha value is -2.06. The molecule has 25 heavy (non-hydrogen) atoms. The van der Waals surface area contributed by atoms with Gasteiger partial charge < -0.3 is 4.90 Å². The van der Waals surface area contributed by atoms with Gasteiger partial charge in [-0.15, -0.1) is 0 Å². The predicted octanol–water partition coefficient (Wildman–Crippen LogP) is 2.82. The Balaban J connectivity index is 1.50. The van der Waals surface area contributed by atoms with Crippen LogP contribution >= 0.6 is 22.7 Å². The number of thiophene rings is 1. The highest BCUT2D eigenvalue weighted by Gasteiger charge is 2.35. The Morgan fingerprint density at radius 3 is 2.76 bits per heavy atom. The molecule has 2 aromatic heterocycles. The number of aromatic nitrogens is 1. The average Bonchev–Trinajstić information content (AvgIpc) is 3.34. The van der Waals surface area contributed by atoms with E-state index in [-0.39, 0.29) is 29.9 Å². The van der Waals surface area contributed by atoms with E-state index in [0.717, 1.165) is 25.9 Å². The van der Waals surface area contributed by atoms with Crippen LogP contribution in [0.5, 0.6) is 0 Å². The molecular weight excluding hydrogens is 358 g/mol. The molecule has 1 aliphatic carbocycles. The summed E-state index contributed by atoms with van der Waals surface area (Å²) in [5, 5.41) is 6.76. The smallest absolute Gasteiger partial charge is 0.258 e. The number of anilines is 1. The maximum absolute atomic E-state index is 12.6. The fourth-order valence-electron chi connectivity index (χ4n) is 3.32. The van der Waals surface area contributed by atoms with Gasteiger partial charge in [0.1, 0.15) is 0 Å². The van der Waals surface area contributed by atoms with Crippen LogP contribution in [0, 0.1) is 5.92 Å². The van der Waals surface area contributed by atoms with E-state index in [1.54, 1.807) is 11.4 Å². The lowest BCUT2D eigenvalue weighted by Crippen LogP contribution is -2.37. The van der Waals surface area contributed by atoms with Crippen molar-refractivity contribution in [3.8, 4) is 0 Å². The number of ketones is 1. The second-order valence-corrected chi connectivity index (χ2v) is 8.10. The Morgan fingerprint density at radius 2 is 2.04 bits per heavy atom. The van der Waals surface area contributed by atoms with Crippen LogP contribution in [0.15, 0.2) is 16.8 Å². The van der Waals surface area contributed by atoms with Crippen molar-refractivity contribution in [2.24, 2.45) is 5.92 Å².